The highest BCUT2D eigenvalue weighted by atomic mass is 16.2. The molecule has 98 valence electrons. The summed E-state index contributed by atoms with van der Waals surface area (Å²) in [6.07, 6.45) is 4.05. The third kappa shape index (κ3) is 10.7. The van der Waals surface area contributed by atoms with E-state index in [9.17, 15) is 14.4 Å². The fourth-order valence-corrected chi connectivity index (χ4v) is 1.22. The lowest BCUT2D eigenvalue weighted by Crippen LogP contribution is -2.38. The number of amides is 3. The van der Waals surface area contributed by atoms with Crippen LogP contribution in [-0.2, 0) is 14.4 Å². The van der Waals surface area contributed by atoms with E-state index < -0.39 is 0 Å². The van der Waals surface area contributed by atoms with Crippen molar-refractivity contribution >= 4 is 18.2 Å². The van der Waals surface area contributed by atoms with E-state index in [0.29, 0.717) is 25.9 Å². The second-order valence-electron chi connectivity index (χ2n) is 3.66. The molecule has 0 aliphatic carbocycles. The predicted molar refractivity (Wildman–Crippen MR) is 64.2 cm³/mol. The Balaban J connectivity index is 3.34. The zero-order valence-electron chi connectivity index (χ0n) is 10.3. The fourth-order valence-electron chi connectivity index (χ4n) is 1.22. The van der Waals surface area contributed by atoms with Gasteiger partial charge in [0.25, 0.3) is 0 Å². The number of rotatable bonds is 10. The van der Waals surface area contributed by atoms with Crippen LogP contribution in [0.2, 0.25) is 0 Å². The monoisotopic (exact) mass is 243 g/mol. The van der Waals surface area contributed by atoms with Crippen LogP contribution in [0.1, 0.15) is 32.6 Å². The highest BCUT2D eigenvalue weighted by molar-refractivity contribution is 5.80. The normalized spacial score (nSPS) is 9.47. The topological polar surface area (TPSA) is 87.3 Å². The van der Waals surface area contributed by atoms with Crippen molar-refractivity contribution in [2.45, 2.75) is 32.6 Å². The highest BCUT2D eigenvalue weighted by Crippen LogP contribution is 1.97. The van der Waals surface area contributed by atoms with Gasteiger partial charge in [0, 0.05) is 19.5 Å². The maximum Gasteiger partial charge on any atom is 0.239 e. The molecule has 0 saturated heterocycles. The van der Waals surface area contributed by atoms with Gasteiger partial charge in [-0.1, -0.05) is 19.8 Å². The average molecular weight is 243 g/mol. The molecule has 3 amide bonds. The molecule has 0 rings (SSSR count). The van der Waals surface area contributed by atoms with Crippen molar-refractivity contribution in [2.75, 3.05) is 19.6 Å². The number of nitrogens with one attached hydrogen (secondary N) is 3. The minimum Gasteiger partial charge on any atom is -0.354 e. The molecule has 0 aliphatic heterocycles. The van der Waals surface area contributed by atoms with Crippen molar-refractivity contribution in [3.63, 3.8) is 0 Å². The highest BCUT2D eigenvalue weighted by Gasteiger charge is 2.01. The van der Waals surface area contributed by atoms with Gasteiger partial charge >= 0.3 is 0 Å². The van der Waals surface area contributed by atoms with E-state index in [2.05, 4.69) is 22.9 Å². The molecule has 0 aromatic heterocycles. The molecule has 0 atom stereocenters. The Labute approximate surface area is 102 Å². The van der Waals surface area contributed by atoms with Gasteiger partial charge < -0.3 is 16.0 Å². The van der Waals surface area contributed by atoms with Crippen LogP contribution in [0, 0.1) is 0 Å². The quantitative estimate of drug-likeness (QED) is 0.358. The predicted octanol–water partition coefficient (Wildman–Crippen LogP) is -0.455. The smallest absolute Gasteiger partial charge is 0.239 e. The molecule has 6 heteroatoms. The van der Waals surface area contributed by atoms with Crippen LogP contribution >= 0.6 is 0 Å². The summed E-state index contributed by atoms with van der Waals surface area (Å²) in [5.41, 5.74) is 0. The van der Waals surface area contributed by atoms with Gasteiger partial charge in [-0.3, -0.25) is 14.4 Å². The van der Waals surface area contributed by atoms with E-state index in [0.717, 1.165) is 19.3 Å². The van der Waals surface area contributed by atoms with Gasteiger partial charge in [0.2, 0.25) is 18.2 Å². The standard InChI is InChI=1S/C11H21N3O3/c1-2-3-4-5-10(16)13-6-7-14-11(17)8-12-9-15/h9H,2-8H2,1H3,(H,12,15)(H,13,16)(H,14,17). The summed E-state index contributed by atoms with van der Waals surface area (Å²) in [5, 5.41) is 7.53. The van der Waals surface area contributed by atoms with Crippen LogP contribution in [-0.4, -0.2) is 37.9 Å². The Morgan fingerprint density at radius 2 is 1.71 bits per heavy atom. The Morgan fingerprint density at radius 3 is 2.29 bits per heavy atom. The Morgan fingerprint density at radius 1 is 1.06 bits per heavy atom. The van der Waals surface area contributed by atoms with Crippen molar-refractivity contribution in [1.82, 2.24) is 16.0 Å². The molecule has 17 heavy (non-hydrogen) atoms. The lowest BCUT2D eigenvalue weighted by atomic mass is 10.2. The maximum atomic E-state index is 11.3. The van der Waals surface area contributed by atoms with Gasteiger partial charge in [0.05, 0.1) is 6.54 Å². The first-order valence-corrected chi connectivity index (χ1v) is 5.91. The van der Waals surface area contributed by atoms with Gasteiger partial charge in [0.1, 0.15) is 0 Å². The molecular weight excluding hydrogens is 222 g/mol. The zero-order valence-corrected chi connectivity index (χ0v) is 10.3. The number of carbonyl (C=O) groups excluding carboxylic acids is 3. The lowest BCUT2D eigenvalue weighted by Gasteiger charge is -2.06. The summed E-state index contributed by atoms with van der Waals surface area (Å²) in [6.45, 7) is 2.84. The van der Waals surface area contributed by atoms with E-state index in [-0.39, 0.29) is 18.4 Å². The Hall–Kier alpha value is -1.59. The number of hydrogen-bond acceptors (Lipinski definition) is 3. The molecule has 0 heterocycles. The van der Waals surface area contributed by atoms with Gasteiger partial charge in [-0.05, 0) is 6.42 Å². The molecule has 3 N–H and O–H groups in total. The van der Waals surface area contributed by atoms with Crippen LogP contribution in [0.25, 0.3) is 0 Å². The van der Waals surface area contributed by atoms with E-state index >= 15 is 0 Å². The SMILES string of the molecule is CCCCCC(=O)NCCNC(=O)CNC=O. The van der Waals surface area contributed by atoms with E-state index in [1.165, 1.54) is 0 Å². The van der Waals surface area contributed by atoms with Crippen LogP contribution in [0.4, 0.5) is 0 Å². The van der Waals surface area contributed by atoms with E-state index in [1.54, 1.807) is 0 Å². The van der Waals surface area contributed by atoms with Crippen LogP contribution in [0.5, 0.6) is 0 Å². The minimum atomic E-state index is -0.266. The first kappa shape index (κ1) is 15.4. The zero-order chi connectivity index (χ0) is 12.9. The van der Waals surface area contributed by atoms with Gasteiger partial charge in [0.15, 0.2) is 0 Å². The average Bonchev–Trinajstić information content (AvgIpc) is 2.32. The van der Waals surface area contributed by atoms with Crippen molar-refractivity contribution in [2.24, 2.45) is 0 Å². The molecule has 0 aromatic carbocycles. The Bertz CT molecular complexity index is 244. The second-order valence-corrected chi connectivity index (χ2v) is 3.66. The largest absolute Gasteiger partial charge is 0.354 e. The van der Waals surface area contributed by atoms with E-state index in [1.807, 2.05) is 0 Å². The van der Waals surface area contributed by atoms with Crippen molar-refractivity contribution in [3.05, 3.63) is 0 Å². The molecule has 6 nitrogen and oxygen atoms in total. The number of hydrogen-bond donors (Lipinski definition) is 3. The Kier molecular flexibility index (Phi) is 9.89. The summed E-state index contributed by atoms with van der Waals surface area (Å²) in [7, 11) is 0. The molecule has 0 bridgehead atoms. The van der Waals surface area contributed by atoms with Crippen LogP contribution in [0.3, 0.4) is 0 Å². The number of carbonyl (C=O) groups is 3. The second kappa shape index (κ2) is 10.9. The molecule has 0 unspecified atom stereocenters. The van der Waals surface area contributed by atoms with Crippen LogP contribution in [0.15, 0.2) is 0 Å². The molecule has 0 radical (unpaired) electrons. The van der Waals surface area contributed by atoms with Gasteiger partial charge in [-0.15, -0.1) is 0 Å². The molecule has 0 aliphatic rings. The summed E-state index contributed by atoms with van der Waals surface area (Å²) in [5.74, 6) is -0.254. The molecule has 0 aromatic rings. The third-order valence-electron chi connectivity index (χ3n) is 2.12. The first-order chi connectivity index (χ1) is 8.20. The van der Waals surface area contributed by atoms with Gasteiger partial charge in [-0.25, -0.2) is 0 Å². The van der Waals surface area contributed by atoms with Gasteiger partial charge in [-0.2, -0.15) is 0 Å². The molecule has 0 spiro atoms. The minimum absolute atomic E-state index is 0.0127. The summed E-state index contributed by atoms with van der Waals surface area (Å²) < 4.78 is 0. The van der Waals surface area contributed by atoms with Crippen LogP contribution < -0.4 is 16.0 Å². The summed E-state index contributed by atoms with van der Waals surface area (Å²) >= 11 is 0. The third-order valence-corrected chi connectivity index (χ3v) is 2.12. The van der Waals surface area contributed by atoms with E-state index in [4.69, 9.17) is 0 Å². The summed E-state index contributed by atoms with van der Waals surface area (Å²) in [4.78, 5) is 32.2. The molecule has 0 saturated carbocycles. The number of unbranched alkanes of at least 4 members (excludes halogenated alkanes) is 2. The molecular formula is C11H21N3O3. The lowest BCUT2D eigenvalue weighted by molar-refractivity contribution is -0.123. The fraction of sp³-hybridized carbons (Fsp3) is 0.727. The van der Waals surface area contributed by atoms with Crippen molar-refractivity contribution in [1.29, 1.82) is 0 Å². The first-order valence-electron chi connectivity index (χ1n) is 5.91. The maximum absolute atomic E-state index is 11.3. The summed E-state index contributed by atoms with van der Waals surface area (Å²) in [6, 6.07) is 0. The van der Waals surface area contributed by atoms with Crippen molar-refractivity contribution in [3.8, 4) is 0 Å². The van der Waals surface area contributed by atoms with Crippen molar-refractivity contribution < 1.29 is 14.4 Å². The molecule has 0 fully saturated rings.